The van der Waals surface area contributed by atoms with E-state index in [4.69, 9.17) is 14.5 Å². The summed E-state index contributed by atoms with van der Waals surface area (Å²) in [6.07, 6.45) is 0.305. The van der Waals surface area contributed by atoms with Gasteiger partial charge < -0.3 is 23.8 Å². The minimum Gasteiger partial charge on any atom is -0.497 e. The zero-order chi connectivity index (χ0) is 26.7. The average Bonchev–Trinajstić information content (AvgIpc) is 3.43. The second-order valence-corrected chi connectivity index (χ2v) is 10.6. The van der Waals surface area contributed by atoms with Gasteiger partial charge in [0.2, 0.25) is 11.8 Å². The van der Waals surface area contributed by atoms with Gasteiger partial charge in [-0.25, -0.2) is 4.98 Å². The molecule has 0 N–H and O–H groups in total. The van der Waals surface area contributed by atoms with Gasteiger partial charge in [-0.05, 0) is 36.1 Å². The predicted molar refractivity (Wildman–Crippen MR) is 145 cm³/mol. The minimum atomic E-state index is -0.160. The number of imidazole rings is 1. The van der Waals surface area contributed by atoms with E-state index in [9.17, 15) is 9.59 Å². The standard InChI is InChI=1S/C29H38N4O4/c1-19(2)15-31(16-20(3)4)28(35)18-33-24-10-8-7-9-23(24)30-29(33)21-13-27(34)32(17-21)25-14-22(36-5)11-12-26(25)37-6/h7-12,14,19-21H,13,15-18H2,1-6H3. The summed E-state index contributed by atoms with van der Waals surface area (Å²) in [5.41, 5.74) is 2.41. The monoisotopic (exact) mass is 506 g/mol. The molecular weight excluding hydrogens is 468 g/mol. The Morgan fingerprint density at radius 2 is 1.76 bits per heavy atom. The fourth-order valence-electron chi connectivity index (χ4n) is 5.09. The van der Waals surface area contributed by atoms with Crippen LogP contribution >= 0.6 is 0 Å². The molecule has 0 saturated carbocycles. The van der Waals surface area contributed by atoms with Crippen molar-refractivity contribution >= 4 is 28.5 Å². The number of anilines is 1. The zero-order valence-electron chi connectivity index (χ0n) is 22.7. The number of aromatic nitrogens is 2. The third kappa shape index (κ3) is 5.73. The molecule has 0 spiro atoms. The zero-order valence-corrected chi connectivity index (χ0v) is 22.7. The molecular formula is C29H38N4O4. The summed E-state index contributed by atoms with van der Waals surface area (Å²) in [5.74, 6) is 2.68. The Labute approximate surface area is 219 Å². The molecule has 1 fully saturated rings. The Morgan fingerprint density at radius 3 is 2.41 bits per heavy atom. The molecule has 2 heterocycles. The van der Waals surface area contributed by atoms with E-state index in [-0.39, 0.29) is 24.3 Å². The lowest BCUT2D eigenvalue weighted by Crippen LogP contribution is -2.39. The summed E-state index contributed by atoms with van der Waals surface area (Å²) in [6.45, 7) is 10.6. The van der Waals surface area contributed by atoms with Crippen LogP contribution in [-0.2, 0) is 16.1 Å². The predicted octanol–water partition coefficient (Wildman–Crippen LogP) is 4.71. The van der Waals surface area contributed by atoms with E-state index in [1.165, 1.54) is 0 Å². The van der Waals surface area contributed by atoms with Crippen LogP contribution in [0.4, 0.5) is 5.69 Å². The minimum absolute atomic E-state index is 0.0114. The normalized spacial score (nSPS) is 15.7. The number of carbonyl (C=O) groups excluding carboxylic acids is 2. The van der Waals surface area contributed by atoms with Crippen molar-refractivity contribution in [3.8, 4) is 11.5 Å². The van der Waals surface area contributed by atoms with Crippen molar-refractivity contribution in [3.05, 3.63) is 48.3 Å². The number of para-hydroxylation sites is 2. The number of fused-ring (bicyclic) bond motifs is 1. The van der Waals surface area contributed by atoms with Gasteiger partial charge in [-0.1, -0.05) is 39.8 Å². The number of nitrogens with zero attached hydrogens (tertiary/aromatic N) is 4. The smallest absolute Gasteiger partial charge is 0.242 e. The summed E-state index contributed by atoms with van der Waals surface area (Å²) >= 11 is 0. The van der Waals surface area contributed by atoms with Crippen molar-refractivity contribution in [2.24, 2.45) is 11.8 Å². The molecule has 0 radical (unpaired) electrons. The molecule has 8 nitrogen and oxygen atoms in total. The van der Waals surface area contributed by atoms with Gasteiger partial charge in [-0.2, -0.15) is 0 Å². The molecule has 4 rings (SSSR count). The summed E-state index contributed by atoms with van der Waals surface area (Å²) in [4.78, 5) is 35.4. The quantitative estimate of drug-likeness (QED) is 0.398. The van der Waals surface area contributed by atoms with Gasteiger partial charge >= 0.3 is 0 Å². The summed E-state index contributed by atoms with van der Waals surface area (Å²) < 4.78 is 12.9. The summed E-state index contributed by atoms with van der Waals surface area (Å²) in [5, 5.41) is 0. The third-order valence-corrected chi connectivity index (χ3v) is 6.67. The van der Waals surface area contributed by atoms with E-state index < -0.39 is 0 Å². The Morgan fingerprint density at radius 1 is 1.05 bits per heavy atom. The number of ether oxygens (including phenoxy) is 2. The van der Waals surface area contributed by atoms with Crippen molar-refractivity contribution in [1.29, 1.82) is 0 Å². The molecule has 0 aliphatic carbocycles. The van der Waals surface area contributed by atoms with Crippen LogP contribution in [0.25, 0.3) is 11.0 Å². The second-order valence-electron chi connectivity index (χ2n) is 10.6. The van der Waals surface area contributed by atoms with Gasteiger partial charge in [0.25, 0.3) is 0 Å². The molecule has 0 bridgehead atoms. The highest BCUT2D eigenvalue weighted by molar-refractivity contribution is 5.98. The largest absolute Gasteiger partial charge is 0.497 e. The van der Waals surface area contributed by atoms with E-state index in [1.54, 1.807) is 25.2 Å². The molecule has 1 aliphatic rings. The van der Waals surface area contributed by atoms with Gasteiger partial charge in [0.1, 0.15) is 23.9 Å². The maximum atomic E-state index is 13.6. The number of hydrogen-bond acceptors (Lipinski definition) is 5. The molecule has 2 aromatic carbocycles. The van der Waals surface area contributed by atoms with Crippen molar-refractivity contribution in [2.45, 2.75) is 46.6 Å². The molecule has 8 heteroatoms. The van der Waals surface area contributed by atoms with E-state index >= 15 is 0 Å². The van der Waals surface area contributed by atoms with Gasteiger partial charge in [0.15, 0.2) is 0 Å². The highest BCUT2D eigenvalue weighted by atomic mass is 16.5. The fraction of sp³-hybridized carbons (Fsp3) is 0.483. The summed E-state index contributed by atoms with van der Waals surface area (Å²) in [7, 11) is 3.19. The van der Waals surface area contributed by atoms with Crippen LogP contribution < -0.4 is 14.4 Å². The van der Waals surface area contributed by atoms with Crippen LogP contribution in [0.15, 0.2) is 42.5 Å². The lowest BCUT2D eigenvalue weighted by atomic mass is 10.1. The third-order valence-electron chi connectivity index (χ3n) is 6.67. The van der Waals surface area contributed by atoms with E-state index in [0.29, 0.717) is 55.1 Å². The molecule has 1 aromatic heterocycles. The number of methoxy groups -OCH3 is 2. The number of rotatable bonds is 10. The first-order chi connectivity index (χ1) is 17.7. The van der Waals surface area contributed by atoms with Crippen LogP contribution in [-0.4, -0.2) is 60.1 Å². The van der Waals surface area contributed by atoms with Crippen molar-refractivity contribution < 1.29 is 19.1 Å². The van der Waals surface area contributed by atoms with Crippen molar-refractivity contribution in [1.82, 2.24) is 14.5 Å². The molecule has 1 aliphatic heterocycles. The van der Waals surface area contributed by atoms with Crippen LogP contribution in [0.1, 0.15) is 45.9 Å². The van der Waals surface area contributed by atoms with Crippen LogP contribution in [0, 0.1) is 11.8 Å². The van der Waals surface area contributed by atoms with E-state index in [2.05, 4.69) is 27.7 Å². The van der Waals surface area contributed by atoms with E-state index in [1.807, 2.05) is 45.9 Å². The maximum Gasteiger partial charge on any atom is 0.242 e. The topological polar surface area (TPSA) is 76.9 Å². The molecule has 1 saturated heterocycles. The SMILES string of the molecule is COc1ccc(OC)c(N2CC(c3nc4ccccc4n3CC(=O)N(CC(C)C)CC(C)C)CC2=O)c1. The van der Waals surface area contributed by atoms with Gasteiger partial charge in [-0.15, -0.1) is 0 Å². The number of hydrogen-bond donors (Lipinski definition) is 0. The van der Waals surface area contributed by atoms with Gasteiger partial charge in [0.05, 0.1) is 30.9 Å². The number of amides is 2. The van der Waals surface area contributed by atoms with Crippen molar-refractivity contribution in [3.63, 3.8) is 0 Å². The summed E-state index contributed by atoms with van der Waals surface area (Å²) in [6, 6.07) is 13.3. The van der Waals surface area contributed by atoms with Gasteiger partial charge in [-0.3, -0.25) is 9.59 Å². The lowest BCUT2D eigenvalue weighted by molar-refractivity contribution is -0.132. The molecule has 2 amide bonds. The van der Waals surface area contributed by atoms with Crippen molar-refractivity contribution in [2.75, 3.05) is 38.8 Å². The fourth-order valence-corrected chi connectivity index (χ4v) is 5.09. The number of carbonyl (C=O) groups is 2. The highest BCUT2D eigenvalue weighted by Gasteiger charge is 2.36. The van der Waals surface area contributed by atoms with Crippen LogP contribution in [0.5, 0.6) is 11.5 Å². The Kier molecular flexibility index (Phi) is 8.05. The molecule has 1 atom stereocenters. The Hall–Kier alpha value is -3.55. The molecule has 198 valence electrons. The Balaban J connectivity index is 1.68. The first kappa shape index (κ1) is 26.5. The van der Waals surface area contributed by atoms with Crippen LogP contribution in [0.2, 0.25) is 0 Å². The highest BCUT2D eigenvalue weighted by Crippen LogP contribution is 2.39. The second kappa shape index (κ2) is 11.2. The molecule has 37 heavy (non-hydrogen) atoms. The van der Waals surface area contributed by atoms with E-state index in [0.717, 1.165) is 16.9 Å². The molecule has 3 aromatic rings. The number of benzene rings is 2. The molecule has 1 unspecified atom stereocenters. The first-order valence-electron chi connectivity index (χ1n) is 13.0. The van der Waals surface area contributed by atoms with Crippen LogP contribution in [0.3, 0.4) is 0 Å². The maximum absolute atomic E-state index is 13.6. The average molecular weight is 507 g/mol. The first-order valence-corrected chi connectivity index (χ1v) is 13.0. The van der Waals surface area contributed by atoms with Gasteiger partial charge in [0, 0.05) is 38.0 Å². The lowest BCUT2D eigenvalue weighted by Gasteiger charge is -2.27. The Bertz CT molecular complexity index is 1260.